The van der Waals surface area contributed by atoms with Crippen molar-refractivity contribution in [1.82, 2.24) is 5.32 Å². The highest BCUT2D eigenvalue weighted by Gasteiger charge is 2.08. The lowest BCUT2D eigenvalue weighted by Gasteiger charge is -2.10. The van der Waals surface area contributed by atoms with Gasteiger partial charge in [-0.15, -0.1) is 0 Å². The molecule has 5 nitrogen and oxygen atoms in total. The van der Waals surface area contributed by atoms with Crippen molar-refractivity contribution in [2.75, 3.05) is 18.5 Å². The minimum atomic E-state index is -0.470. The molecule has 0 aromatic heterocycles. The zero-order chi connectivity index (χ0) is 17.5. The monoisotopic (exact) mass is 394 g/mol. The lowest BCUT2D eigenvalue weighted by atomic mass is 10.2. The number of carbonyl (C=O) groups is 2. The van der Waals surface area contributed by atoms with E-state index in [9.17, 15) is 14.0 Å². The molecule has 2 aromatic rings. The number of rotatable bonds is 6. The van der Waals surface area contributed by atoms with Gasteiger partial charge in [0, 0.05) is 16.2 Å². The van der Waals surface area contributed by atoms with Crippen LogP contribution in [0.3, 0.4) is 0 Å². The van der Waals surface area contributed by atoms with Crippen molar-refractivity contribution in [3.8, 4) is 5.75 Å². The van der Waals surface area contributed by atoms with E-state index in [2.05, 4.69) is 26.6 Å². The molecule has 0 spiro atoms. The highest BCUT2D eigenvalue weighted by Crippen LogP contribution is 2.19. The van der Waals surface area contributed by atoms with Gasteiger partial charge >= 0.3 is 0 Å². The van der Waals surface area contributed by atoms with Crippen LogP contribution in [0.5, 0.6) is 5.75 Å². The molecule has 2 amide bonds. The highest BCUT2D eigenvalue weighted by molar-refractivity contribution is 9.10. The Hall–Kier alpha value is -2.41. The molecule has 2 N–H and O–H groups in total. The average molecular weight is 395 g/mol. The molecule has 2 aromatic carbocycles. The predicted octanol–water partition coefficient (Wildman–Crippen LogP) is 3.03. The van der Waals surface area contributed by atoms with Crippen LogP contribution in [0.25, 0.3) is 0 Å². The van der Waals surface area contributed by atoms with Crippen molar-refractivity contribution in [1.29, 1.82) is 0 Å². The fourth-order valence-electron chi connectivity index (χ4n) is 1.90. The summed E-state index contributed by atoms with van der Waals surface area (Å²) in [5.41, 5.74) is 1.58. The zero-order valence-electron chi connectivity index (χ0n) is 12.9. The van der Waals surface area contributed by atoms with E-state index in [-0.39, 0.29) is 24.8 Å². The summed E-state index contributed by atoms with van der Waals surface area (Å²) in [7, 11) is 0. The summed E-state index contributed by atoms with van der Waals surface area (Å²) in [5, 5.41) is 5.15. The van der Waals surface area contributed by atoms with E-state index >= 15 is 0 Å². The van der Waals surface area contributed by atoms with E-state index in [1.54, 1.807) is 12.1 Å². The van der Waals surface area contributed by atoms with Crippen LogP contribution in [0.4, 0.5) is 10.1 Å². The van der Waals surface area contributed by atoms with E-state index < -0.39 is 11.7 Å². The van der Waals surface area contributed by atoms with Crippen LogP contribution in [0.2, 0.25) is 0 Å². The summed E-state index contributed by atoms with van der Waals surface area (Å²) in [6.07, 6.45) is 0. The number of ether oxygens (including phenoxy) is 1. The van der Waals surface area contributed by atoms with E-state index in [0.29, 0.717) is 5.69 Å². The number of nitrogens with one attached hydrogen (secondary N) is 2. The number of halogens is 2. The van der Waals surface area contributed by atoms with Crippen LogP contribution in [0.1, 0.15) is 5.56 Å². The maximum absolute atomic E-state index is 13.0. The fraction of sp³-hybridized carbons (Fsp3) is 0.176. The number of aryl methyl sites for hydroxylation is 1. The molecule has 0 saturated carbocycles. The lowest BCUT2D eigenvalue weighted by molar-refractivity contribution is -0.125. The Kier molecular flexibility index (Phi) is 6.31. The SMILES string of the molecule is Cc1cc(Br)ccc1NC(=O)CNC(=O)COc1cccc(F)c1. The minimum Gasteiger partial charge on any atom is -0.484 e. The Balaban J connectivity index is 1.75. The first-order chi connectivity index (χ1) is 11.4. The molecule has 7 heteroatoms. The quantitative estimate of drug-likeness (QED) is 0.790. The summed E-state index contributed by atoms with van der Waals surface area (Å²) < 4.78 is 19.0. The van der Waals surface area contributed by atoms with E-state index in [4.69, 9.17) is 4.74 Å². The van der Waals surface area contributed by atoms with Crippen molar-refractivity contribution in [2.24, 2.45) is 0 Å². The van der Waals surface area contributed by atoms with E-state index in [1.165, 1.54) is 18.2 Å². The molecule has 0 aliphatic rings. The highest BCUT2D eigenvalue weighted by atomic mass is 79.9. The zero-order valence-corrected chi connectivity index (χ0v) is 14.5. The largest absolute Gasteiger partial charge is 0.484 e. The molecule has 24 heavy (non-hydrogen) atoms. The molecule has 0 unspecified atom stereocenters. The van der Waals surface area contributed by atoms with Gasteiger partial charge in [0.05, 0.1) is 6.54 Å². The molecular weight excluding hydrogens is 379 g/mol. The fourth-order valence-corrected chi connectivity index (χ4v) is 2.37. The van der Waals surface area contributed by atoms with Crippen molar-refractivity contribution in [2.45, 2.75) is 6.92 Å². The van der Waals surface area contributed by atoms with Crippen molar-refractivity contribution < 1.29 is 18.7 Å². The molecule has 0 saturated heterocycles. The molecule has 0 aliphatic heterocycles. The normalized spacial score (nSPS) is 10.1. The smallest absolute Gasteiger partial charge is 0.258 e. The standard InChI is InChI=1S/C17H16BrFN2O3/c1-11-7-12(18)5-6-15(11)21-16(22)9-20-17(23)10-24-14-4-2-3-13(19)8-14/h2-8H,9-10H2,1H3,(H,20,23)(H,21,22). The van der Waals surface area contributed by atoms with Crippen molar-refractivity contribution in [3.63, 3.8) is 0 Å². The first-order valence-electron chi connectivity index (χ1n) is 7.15. The van der Waals surface area contributed by atoms with Crippen LogP contribution in [0, 0.1) is 12.7 Å². The van der Waals surface area contributed by atoms with Crippen LogP contribution in [0.15, 0.2) is 46.9 Å². The van der Waals surface area contributed by atoms with Gasteiger partial charge in [0.15, 0.2) is 6.61 Å². The number of hydrogen-bond acceptors (Lipinski definition) is 3. The summed E-state index contributed by atoms with van der Waals surface area (Å²) in [5.74, 6) is -1.02. The number of carbonyl (C=O) groups excluding carboxylic acids is 2. The van der Waals surface area contributed by atoms with Crippen LogP contribution >= 0.6 is 15.9 Å². The molecule has 0 fully saturated rings. The first kappa shape index (κ1) is 17.9. The minimum absolute atomic E-state index is 0.180. The maximum atomic E-state index is 13.0. The number of anilines is 1. The summed E-state index contributed by atoms with van der Waals surface area (Å²) >= 11 is 3.35. The van der Waals surface area contributed by atoms with Crippen molar-refractivity contribution in [3.05, 3.63) is 58.3 Å². The topological polar surface area (TPSA) is 67.4 Å². The van der Waals surface area contributed by atoms with Gasteiger partial charge in [-0.1, -0.05) is 22.0 Å². The first-order valence-corrected chi connectivity index (χ1v) is 7.94. The molecule has 2 rings (SSSR count). The van der Waals surface area contributed by atoms with Gasteiger partial charge in [-0.25, -0.2) is 4.39 Å². The second-order valence-electron chi connectivity index (χ2n) is 5.03. The van der Waals surface area contributed by atoms with Gasteiger partial charge in [-0.3, -0.25) is 9.59 Å². The third-order valence-corrected chi connectivity index (χ3v) is 3.57. The van der Waals surface area contributed by atoms with Gasteiger partial charge in [-0.05, 0) is 42.8 Å². The summed E-state index contributed by atoms with van der Waals surface area (Å²) in [6.45, 7) is 1.39. The molecule has 0 atom stereocenters. The van der Waals surface area contributed by atoms with Gasteiger partial charge < -0.3 is 15.4 Å². The number of benzene rings is 2. The second kappa shape index (κ2) is 8.44. The molecule has 126 valence electrons. The molecular formula is C17H16BrFN2O3. The van der Waals surface area contributed by atoms with E-state index in [0.717, 1.165) is 10.0 Å². The third-order valence-electron chi connectivity index (χ3n) is 3.07. The lowest BCUT2D eigenvalue weighted by Crippen LogP contribution is -2.35. The average Bonchev–Trinajstić information content (AvgIpc) is 2.54. The van der Waals surface area contributed by atoms with Gasteiger partial charge in [0.1, 0.15) is 11.6 Å². The molecule has 0 aliphatic carbocycles. The van der Waals surface area contributed by atoms with E-state index in [1.807, 2.05) is 19.1 Å². The van der Waals surface area contributed by atoms with Crippen molar-refractivity contribution >= 4 is 33.4 Å². The van der Waals surface area contributed by atoms with Crippen LogP contribution in [-0.2, 0) is 9.59 Å². The molecule has 0 radical (unpaired) electrons. The Labute approximate surface area is 147 Å². The molecule has 0 bridgehead atoms. The third kappa shape index (κ3) is 5.66. The van der Waals surface area contributed by atoms with Gasteiger partial charge in [-0.2, -0.15) is 0 Å². The summed E-state index contributed by atoms with van der Waals surface area (Å²) in [4.78, 5) is 23.5. The second-order valence-corrected chi connectivity index (χ2v) is 5.95. The number of amides is 2. The van der Waals surface area contributed by atoms with Gasteiger partial charge in [0.25, 0.3) is 5.91 Å². The van der Waals surface area contributed by atoms with Crippen LogP contribution in [-0.4, -0.2) is 25.0 Å². The Morgan fingerprint density at radius 1 is 1.17 bits per heavy atom. The Morgan fingerprint density at radius 2 is 1.96 bits per heavy atom. The summed E-state index contributed by atoms with van der Waals surface area (Å²) in [6, 6.07) is 10.9. The number of hydrogen-bond donors (Lipinski definition) is 2. The van der Waals surface area contributed by atoms with Gasteiger partial charge in [0.2, 0.25) is 5.91 Å². The Morgan fingerprint density at radius 3 is 2.67 bits per heavy atom. The maximum Gasteiger partial charge on any atom is 0.258 e. The predicted molar refractivity (Wildman–Crippen MR) is 92.4 cm³/mol. The Bertz CT molecular complexity index is 752. The molecule has 0 heterocycles. The van der Waals surface area contributed by atoms with Crippen LogP contribution < -0.4 is 15.4 Å².